The van der Waals surface area contributed by atoms with Gasteiger partial charge in [-0.25, -0.2) is 4.98 Å². The first kappa shape index (κ1) is 11.8. The smallest absolute Gasteiger partial charge is 0.137 e. The van der Waals surface area contributed by atoms with Gasteiger partial charge in [-0.1, -0.05) is 30.3 Å². The van der Waals surface area contributed by atoms with Gasteiger partial charge in [-0.3, -0.25) is 5.10 Å². The summed E-state index contributed by atoms with van der Waals surface area (Å²) >= 11 is 0. The third-order valence-corrected chi connectivity index (χ3v) is 2.67. The van der Waals surface area contributed by atoms with E-state index in [1.165, 1.54) is 5.56 Å². The van der Waals surface area contributed by atoms with Gasteiger partial charge < -0.3 is 5.32 Å². The molecule has 1 heterocycles. The zero-order chi connectivity index (χ0) is 11.8. The quantitative estimate of drug-likeness (QED) is 0.710. The monoisotopic (exact) mass is 230 g/mol. The number of nitrogens with zero attached hydrogens (tertiary/aromatic N) is 2. The molecule has 0 saturated carbocycles. The minimum absolute atomic E-state index is 0.957. The van der Waals surface area contributed by atoms with Crippen LogP contribution in [0.2, 0.25) is 0 Å². The molecule has 1 aromatic heterocycles. The highest BCUT2D eigenvalue weighted by Gasteiger charge is 1.95. The standard InChI is InChI=1S/C13H18N4/c1-2-5-12(6-3-1)8-10-14-9-4-7-13-15-11-16-17-13/h1-3,5-6,11,14H,4,7-10H2,(H,15,16,17). The van der Waals surface area contributed by atoms with E-state index in [1.807, 2.05) is 6.07 Å². The van der Waals surface area contributed by atoms with E-state index in [1.54, 1.807) is 6.33 Å². The van der Waals surface area contributed by atoms with E-state index in [-0.39, 0.29) is 0 Å². The topological polar surface area (TPSA) is 53.6 Å². The fourth-order valence-corrected chi connectivity index (χ4v) is 1.73. The van der Waals surface area contributed by atoms with Crippen LogP contribution in [0.1, 0.15) is 17.8 Å². The number of aryl methyl sites for hydroxylation is 1. The van der Waals surface area contributed by atoms with Crippen molar-refractivity contribution in [2.24, 2.45) is 0 Å². The molecule has 2 rings (SSSR count). The Kier molecular flexibility index (Phi) is 4.72. The van der Waals surface area contributed by atoms with E-state index in [4.69, 9.17) is 0 Å². The molecule has 2 aromatic rings. The normalized spacial score (nSPS) is 10.6. The van der Waals surface area contributed by atoms with Crippen LogP contribution in [0.5, 0.6) is 0 Å². The Morgan fingerprint density at radius 3 is 2.71 bits per heavy atom. The lowest BCUT2D eigenvalue weighted by Gasteiger charge is -2.03. The Morgan fingerprint density at radius 1 is 1.06 bits per heavy atom. The minimum Gasteiger partial charge on any atom is -0.316 e. The lowest BCUT2D eigenvalue weighted by molar-refractivity contribution is 0.638. The fourth-order valence-electron chi connectivity index (χ4n) is 1.73. The van der Waals surface area contributed by atoms with E-state index in [0.29, 0.717) is 0 Å². The van der Waals surface area contributed by atoms with Crippen LogP contribution >= 0.6 is 0 Å². The van der Waals surface area contributed by atoms with Gasteiger partial charge in [0.05, 0.1) is 0 Å². The van der Waals surface area contributed by atoms with Crippen molar-refractivity contribution in [1.29, 1.82) is 0 Å². The Hall–Kier alpha value is -1.68. The summed E-state index contributed by atoms with van der Waals surface area (Å²) in [6, 6.07) is 10.5. The van der Waals surface area contributed by atoms with Gasteiger partial charge in [0.15, 0.2) is 0 Å². The molecule has 0 fully saturated rings. The van der Waals surface area contributed by atoms with Gasteiger partial charge in [0.25, 0.3) is 0 Å². The highest BCUT2D eigenvalue weighted by atomic mass is 15.2. The van der Waals surface area contributed by atoms with Gasteiger partial charge in [-0.05, 0) is 31.5 Å². The van der Waals surface area contributed by atoms with Gasteiger partial charge >= 0.3 is 0 Å². The predicted octanol–water partition coefficient (Wildman–Crippen LogP) is 1.57. The van der Waals surface area contributed by atoms with Gasteiger partial charge in [0, 0.05) is 6.42 Å². The first-order chi connectivity index (χ1) is 8.45. The molecule has 4 nitrogen and oxygen atoms in total. The third kappa shape index (κ3) is 4.36. The number of benzene rings is 1. The molecule has 2 N–H and O–H groups in total. The molecule has 1 aromatic carbocycles. The zero-order valence-electron chi connectivity index (χ0n) is 9.89. The Balaban J connectivity index is 1.52. The van der Waals surface area contributed by atoms with Crippen molar-refractivity contribution in [2.45, 2.75) is 19.3 Å². The van der Waals surface area contributed by atoms with Gasteiger partial charge in [0.2, 0.25) is 0 Å². The van der Waals surface area contributed by atoms with Crippen LogP contribution in [0, 0.1) is 0 Å². The van der Waals surface area contributed by atoms with Crippen molar-refractivity contribution in [2.75, 3.05) is 13.1 Å². The number of hydrogen-bond donors (Lipinski definition) is 2. The summed E-state index contributed by atoms with van der Waals surface area (Å²) in [6.07, 6.45) is 4.68. The molecule has 17 heavy (non-hydrogen) atoms. The SMILES string of the molecule is c1ccc(CCNCCCc2ncn[nH]2)cc1. The Bertz CT molecular complexity index is 397. The van der Waals surface area contributed by atoms with E-state index in [2.05, 4.69) is 44.8 Å². The van der Waals surface area contributed by atoms with Crippen molar-refractivity contribution in [3.63, 3.8) is 0 Å². The van der Waals surface area contributed by atoms with Gasteiger partial charge in [0.1, 0.15) is 12.2 Å². The molecule has 0 spiro atoms. The van der Waals surface area contributed by atoms with E-state index < -0.39 is 0 Å². The van der Waals surface area contributed by atoms with E-state index in [0.717, 1.165) is 38.2 Å². The molecule has 0 aliphatic heterocycles. The molecule has 0 radical (unpaired) electrons. The van der Waals surface area contributed by atoms with Crippen molar-refractivity contribution in [3.8, 4) is 0 Å². The second kappa shape index (κ2) is 6.81. The van der Waals surface area contributed by atoms with E-state index in [9.17, 15) is 0 Å². The summed E-state index contributed by atoms with van der Waals surface area (Å²) in [4.78, 5) is 4.09. The maximum absolute atomic E-state index is 4.09. The molecular formula is C13H18N4. The number of aromatic nitrogens is 3. The first-order valence-corrected chi connectivity index (χ1v) is 6.04. The number of rotatable bonds is 7. The summed E-state index contributed by atoms with van der Waals surface area (Å²) in [7, 11) is 0. The zero-order valence-corrected chi connectivity index (χ0v) is 9.89. The summed E-state index contributed by atoms with van der Waals surface area (Å²) in [5, 5.41) is 10.1. The van der Waals surface area contributed by atoms with Gasteiger partial charge in [-0.2, -0.15) is 5.10 Å². The van der Waals surface area contributed by atoms with Crippen molar-refractivity contribution in [1.82, 2.24) is 20.5 Å². The van der Waals surface area contributed by atoms with Crippen molar-refractivity contribution in [3.05, 3.63) is 48.0 Å². The summed E-state index contributed by atoms with van der Waals surface area (Å²) in [5.74, 6) is 0.967. The number of hydrogen-bond acceptors (Lipinski definition) is 3. The number of H-pyrrole nitrogens is 1. The maximum Gasteiger partial charge on any atom is 0.137 e. The molecule has 0 bridgehead atoms. The van der Waals surface area contributed by atoms with Crippen LogP contribution in [-0.4, -0.2) is 28.3 Å². The molecule has 0 amide bonds. The Labute approximate surface area is 101 Å². The van der Waals surface area contributed by atoms with E-state index >= 15 is 0 Å². The van der Waals surface area contributed by atoms with Crippen LogP contribution in [0.25, 0.3) is 0 Å². The minimum atomic E-state index is 0.957. The van der Waals surface area contributed by atoms with Crippen LogP contribution < -0.4 is 5.32 Å². The van der Waals surface area contributed by atoms with Crippen LogP contribution in [0.3, 0.4) is 0 Å². The second-order valence-electron chi connectivity index (χ2n) is 4.02. The first-order valence-electron chi connectivity index (χ1n) is 6.04. The Morgan fingerprint density at radius 2 is 1.94 bits per heavy atom. The number of aromatic amines is 1. The van der Waals surface area contributed by atoms with Crippen LogP contribution in [0.15, 0.2) is 36.7 Å². The highest BCUT2D eigenvalue weighted by molar-refractivity contribution is 5.14. The van der Waals surface area contributed by atoms with Gasteiger partial charge in [-0.15, -0.1) is 0 Å². The fraction of sp³-hybridized carbons (Fsp3) is 0.385. The largest absolute Gasteiger partial charge is 0.316 e. The lowest BCUT2D eigenvalue weighted by Crippen LogP contribution is -2.19. The molecule has 4 heteroatoms. The molecule has 0 aliphatic rings. The van der Waals surface area contributed by atoms with Crippen molar-refractivity contribution >= 4 is 0 Å². The highest BCUT2D eigenvalue weighted by Crippen LogP contribution is 1.98. The van der Waals surface area contributed by atoms with Crippen LogP contribution in [0.4, 0.5) is 0 Å². The maximum atomic E-state index is 4.09. The average Bonchev–Trinajstić information content (AvgIpc) is 2.88. The molecule has 0 aliphatic carbocycles. The molecule has 90 valence electrons. The van der Waals surface area contributed by atoms with Crippen LogP contribution in [-0.2, 0) is 12.8 Å². The molecular weight excluding hydrogens is 212 g/mol. The summed E-state index contributed by atoms with van der Waals surface area (Å²) in [5.41, 5.74) is 1.38. The third-order valence-electron chi connectivity index (χ3n) is 2.67. The summed E-state index contributed by atoms with van der Waals surface area (Å²) < 4.78 is 0. The molecule has 0 saturated heterocycles. The predicted molar refractivity (Wildman–Crippen MR) is 67.7 cm³/mol. The second-order valence-corrected chi connectivity index (χ2v) is 4.02. The lowest BCUT2D eigenvalue weighted by atomic mass is 10.1. The summed E-state index contributed by atoms with van der Waals surface area (Å²) in [6.45, 7) is 2.05. The molecule has 0 atom stereocenters. The average molecular weight is 230 g/mol. The molecule has 0 unspecified atom stereocenters. The number of nitrogens with one attached hydrogen (secondary N) is 2. The van der Waals surface area contributed by atoms with Crippen molar-refractivity contribution < 1.29 is 0 Å².